The normalized spacial score (nSPS) is 11.8. The molecule has 0 aliphatic rings. The Morgan fingerprint density at radius 3 is 1.74 bits per heavy atom. The van der Waals surface area contributed by atoms with E-state index in [-0.39, 0.29) is 50.1 Å². The van der Waals surface area contributed by atoms with Gasteiger partial charge < -0.3 is 14.4 Å². The van der Waals surface area contributed by atoms with Gasteiger partial charge in [-0.3, -0.25) is 14.4 Å². The third-order valence-electron chi connectivity index (χ3n) is 7.27. The Morgan fingerprint density at radius 2 is 1.18 bits per heavy atom. The van der Waals surface area contributed by atoms with Gasteiger partial charge in [-0.2, -0.15) is 0 Å². The Bertz CT molecular complexity index is 634. The van der Waals surface area contributed by atoms with Crippen molar-refractivity contribution in [3.63, 3.8) is 0 Å². The monoisotopic (exact) mass is 551 g/mol. The molecule has 6 heteroatoms. The first-order valence-electron chi connectivity index (χ1n) is 16.1. The average Bonchev–Trinajstić information content (AvgIpc) is 2.92. The van der Waals surface area contributed by atoms with E-state index in [1.807, 2.05) is 0 Å². The van der Waals surface area contributed by atoms with Crippen LogP contribution in [0.3, 0.4) is 0 Å². The van der Waals surface area contributed by atoms with Crippen LogP contribution in [-0.2, 0) is 23.9 Å². The molecule has 0 bridgehead atoms. The lowest BCUT2D eigenvalue weighted by Gasteiger charge is -2.22. The number of ether oxygens (including phenoxy) is 2. The Hall–Kier alpha value is -1.85. The minimum absolute atomic E-state index is 0.0667. The summed E-state index contributed by atoms with van der Waals surface area (Å²) in [6, 6.07) is 0. The summed E-state index contributed by atoms with van der Waals surface area (Å²) in [4.78, 5) is 38.8. The molecule has 0 aromatic heterocycles. The number of hydrogen-bond acceptors (Lipinski definition) is 5. The van der Waals surface area contributed by atoms with Crippen LogP contribution in [0.25, 0.3) is 0 Å². The summed E-state index contributed by atoms with van der Waals surface area (Å²) in [5, 5.41) is 0. The fourth-order valence-corrected chi connectivity index (χ4v) is 4.72. The maximum atomic E-state index is 12.9. The predicted molar refractivity (Wildman–Crippen MR) is 161 cm³/mol. The number of unbranched alkanes of at least 4 members (excludes halogenated alkanes) is 11. The molecule has 0 saturated heterocycles. The molecule has 0 aromatic rings. The number of rotatable bonds is 27. The van der Waals surface area contributed by atoms with Crippen molar-refractivity contribution in [3.05, 3.63) is 12.7 Å². The molecule has 39 heavy (non-hydrogen) atoms. The molecule has 0 aromatic carbocycles. The first-order valence-corrected chi connectivity index (χ1v) is 16.1. The van der Waals surface area contributed by atoms with E-state index >= 15 is 0 Å². The molecule has 1 unspecified atom stereocenters. The minimum atomic E-state index is -0.254. The first kappa shape index (κ1) is 37.1. The Kier molecular flexibility index (Phi) is 25.1. The van der Waals surface area contributed by atoms with Gasteiger partial charge in [0.15, 0.2) is 0 Å². The first-order chi connectivity index (χ1) is 18.8. The summed E-state index contributed by atoms with van der Waals surface area (Å²) >= 11 is 0. The Labute approximate surface area is 240 Å². The third kappa shape index (κ3) is 22.6. The van der Waals surface area contributed by atoms with Crippen LogP contribution in [0.15, 0.2) is 12.7 Å². The smallest absolute Gasteiger partial charge is 0.308 e. The highest BCUT2D eigenvalue weighted by molar-refractivity contribution is 5.87. The van der Waals surface area contributed by atoms with Crippen molar-refractivity contribution in [1.29, 1.82) is 0 Å². The van der Waals surface area contributed by atoms with Crippen LogP contribution in [0, 0.1) is 11.8 Å². The van der Waals surface area contributed by atoms with Crippen LogP contribution in [0.2, 0.25) is 0 Å². The van der Waals surface area contributed by atoms with Gasteiger partial charge in [0.2, 0.25) is 5.91 Å². The van der Waals surface area contributed by atoms with Crippen LogP contribution in [0.1, 0.15) is 143 Å². The molecular weight excluding hydrogens is 490 g/mol. The zero-order valence-corrected chi connectivity index (χ0v) is 26.0. The highest BCUT2D eigenvalue weighted by atomic mass is 16.5. The lowest BCUT2D eigenvalue weighted by atomic mass is 9.94. The van der Waals surface area contributed by atoms with Gasteiger partial charge in [0.05, 0.1) is 19.0 Å². The van der Waals surface area contributed by atoms with Gasteiger partial charge in [0.1, 0.15) is 13.2 Å². The molecule has 0 N–H and O–H groups in total. The molecule has 0 rings (SSSR count). The molecule has 6 nitrogen and oxygen atoms in total. The van der Waals surface area contributed by atoms with E-state index in [1.165, 1.54) is 62.3 Å². The SMILES string of the molecule is C=CC(=O)N(CCOC(=O)CCCCCCC(C)C)CCOC(=O)C(CCCCCC)CCCCCCCC. The van der Waals surface area contributed by atoms with Crippen molar-refractivity contribution in [2.45, 2.75) is 143 Å². The highest BCUT2D eigenvalue weighted by Crippen LogP contribution is 2.20. The zero-order valence-electron chi connectivity index (χ0n) is 26.0. The van der Waals surface area contributed by atoms with Gasteiger partial charge in [-0.05, 0) is 31.3 Å². The lowest BCUT2D eigenvalue weighted by molar-refractivity contribution is -0.150. The number of carbonyl (C=O) groups is 3. The standard InChI is InChI=1S/C33H61NO5/c1-6-9-11-13-14-19-23-30(22-18-12-10-7-2)33(37)39-28-26-34(31(35)8-3)25-27-38-32(36)24-20-16-15-17-21-29(4)5/h8,29-30H,3,6-7,9-28H2,1-2,4-5H3. The second-order valence-corrected chi connectivity index (χ2v) is 11.4. The second-order valence-electron chi connectivity index (χ2n) is 11.4. The third-order valence-corrected chi connectivity index (χ3v) is 7.27. The maximum absolute atomic E-state index is 12.9. The molecule has 0 aliphatic carbocycles. The van der Waals surface area contributed by atoms with Gasteiger partial charge in [0, 0.05) is 6.42 Å². The number of carbonyl (C=O) groups excluding carboxylic acids is 3. The van der Waals surface area contributed by atoms with Crippen LogP contribution in [0.5, 0.6) is 0 Å². The van der Waals surface area contributed by atoms with Crippen molar-refractivity contribution in [1.82, 2.24) is 4.90 Å². The van der Waals surface area contributed by atoms with E-state index in [4.69, 9.17) is 9.47 Å². The average molecular weight is 552 g/mol. The van der Waals surface area contributed by atoms with Crippen molar-refractivity contribution < 1.29 is 23.9 Å². The summed E-state index contributed by atoms with van der Waals surface area (Å²) in [7, 11) is 0. The fraction of sp³-hybridized carbons (Fsp3) is 0.848. The second kappa shape index (κ2) is 26.4. The maximum Gasteiger partial charge on any atom is 0.308 e. The largest absolute Gasteiger partial charge is 0.464 e. The topological polar surface area (TPSA) is 72.9 Å². The lowest BCUT2D eigenvalue weighted by Crippen LogP contribution is -2.36. The van der Waals surface area contributed by atoms with Crippen LogP contribution in [0.4, 0.5) is 0 Å². The van der Waals surface area contributed by atoms with E-state index in [9.17, 15) is 14.4 Å². The molecule has 0 aliphatic heterocycles. The molecule has 0 saturated carbocycles. The summed E-state index contributed by atoms with van der Waals surface area (Å²) in [6.45, 7) is 13.2. The Balaban J connectivity index is 4.44. The quantitative estimate of drug-likeness (QED) is 0.0582. The molecule has 0 radical (unpaired) electrons. The van der Waals surface area contributed by atoms with E-state index in [0.29, 0.717) is 6.42 Å². The van der Waals surface area contributed by atoms with E-state index in [0.717, 1.165) is 63.7 Å². The van der Waals surface area contributed by atoms with E-state index in [2.05, 4.69) is 34.3 Å². The number of esters is 2. The van der Waals surface area contributed by atoms with Crippen molar-refractivity contribution in [2.75, 3.05) is 26.3 Å². The van der Waals surface area contributed by atoms with Crippen molar-refractivity contribution in [2.24, 2.45) is 11.8 Å². The van der Waals surface area contributed by atoms with Crippen LogP contribution >= 0.6 is 0 Å². The van der Waals surface area contributed by atoms with Crippen molar-refractivity contribution >= 4 is 17.8 Å². The molecule has 1 amide bonds. The number of nitrogens with zero attached hydrogens (tertiary/aromatic N) is 1. The summed E-state index contributed by atoms with van der Waals surface area (Å²) < 4.78 is 11.0. The highest BCUT2D eigenvalue weighted by Gasteiger charge is 2.20. The van der Waals surface area contributed by atoms with Crippen molar-refractivity contribution in [3.8, 4) is 0 Å². The summed E-state index contributed by atoms with van der Waals surface area (Å²) in [5.74, 6) is 0.0305. The molecule has 0 spiro atoms. The summed E-state index contributed by atoms with van der Waals surface area (Å²) in [5.41, 5.74) is 0. The van der Waals surface area contributed by atoms with Gasteiger partial charge >= 0.3 is 11.9 Å². The van der Waals surface area contributed by atoms with Crippen LogP contribution < -0.4 is 0 Å². The van der Waals surface area contributed by atoms with E-state index < -0.39 is 0 Å². The fourth-order valence-electron chi connectivity index (χ4n) is 4.72. The molecular formula is C33H61NO5. The minimum Gasteiger partial charge on any atom is -0.464 e. The molecule has 0 fully saturated rings. The molecule has 0 heterocycles. The van der Waals surface area contributed by atoms with Gasteiger partial charge in [0.25, 0.3) is 0 Å². The summed E-state index contributed by atoms with van der Waals surface area (Å²) in [6.07, 6.45) is 20.6. The zero-order chi connectivity index (χ0) is 29.1. The van der Waals surface area contributed by atoms with E-state index in [1.54, 1.807) is 0 Å². The predicted octanol–water partition coefficient (Wildman–Crippen LogP) is 8.42. The number of amides is 1. The van der Waals surface area contributed by atoms with Crippen LogP contribution in [-0.4, -0.2) is 49.0 Å². The van der Waals surface area contributed by atoms with Gasteiger partial charge in [-0.1, -0.05) is 124 Å². The van der Waals surface area contributed by atoms with Gasteiger partial charge in [-0.25, -0.2) is 0 Å². The molecule has 1 atom stereocenters. The molecule has 228 valence electrons. The number of hydrogen-bond donors (Lipinski definition) is 0. The van der Waals surface area contributed by atoms with Gasteiger partial charge in [-0.15, -0.1) is 0 Å². The Morgan fingerprint density at radius 1 is 0.692 bits per heavy atom.